The van der Waals surface area contributed by atoms with Gasteiger partial charge in [-0.25, -0.2) is 0 Å². The monoisotopic (exact) mass is 546 g/mol. The van der Waals surface area contributed by atoms with Gasteiger partial charge in [0.1, 0.15) is 6.04 Å². The van der Waals surface area contributed by atoms with Gasteiger partial charge >= 0.3 is 7.12 Å². The molecule has 3 saturated carbocycles. The largest absolute Gasteiger partial charge is 0.481 e. The number of carbonyl (C=O) groups excluding carboxylic acids is 2. The molecular formula is C28H51BN6O4. The topological polar surface area (TPSA) is 139 Å². The Morgan fingerprint density at radius 3 is 2.59 bits per heavy atom. The zero-order chi connectivity index (χ0) is 28.4. The van der Waals surface area contributed by atoms with Crippen molar-refractivity contribution in [2.45, 2.75) is 116 Å². The molecule has 1 unspecified atom stereocenters. The highest BCUT2D eigenvalue weighted by Gasteiger charge is 2.68. The highest BCUT2D eigenvalue weighted by molar-refractivity contribution is 6.48. The molecule has 7 atom stereocenters. The van der Waals surface area contributed by atoms with Gasteiger partial charge in [0.05, 0.1) is 23.7 Å². The van der Waals surface area contributed by atoms with E-state index in [4.69, 9.17) is 15.0 Å². The highest BCUT2D eigenvalue weighted by atomic mass is 16.7. The summed E-state index contributed by atoms with van der Waals surface area (Å²) in [7, 11) is 1.12. The summed E-state index contributed by atoms with van der Waals surface area (Å²) in [6, 6.07) is -0.926. The number of hydrogen-bond acceptors (Lipinski definition) is 6. The van der Waals surface area contributed by atoms with E-state index in [2.05, 4.69) is 60.9 Å². The third kappa shape index (κ3) is 6.56. The minimum absolute atomic E-state index is 0.0514. The molecule has 3 aliphatic carbocycles. The van der Waals surface area contributed by atoms with Gasteiger partial charge in [0.15, 0.2) is 5.96 Å². The van der Waals surface area contributed by atoms with Crippen molar-refractivity contribution >= 4 is 24.9 Å². The Labute approximate surface area is 234 Å². The van der Waals surface area contributed by atoms with E-state index in [0.29, 0.717) is 43.1 Å². The second-order valence-electron chi connectivity index (χ2n) is 13.3. The molecule has 0 aromatic carbocycles. The number of guanidine groups is 1. The van der Waals surface area contributed by atoms with Gasteiger partial charge < -0.3 is 36.3 Å². The third-order valence-corrected chi connectivity index (χ3v) is 9.83. The van der Waals surface area contributed by atoms with Crippen LogP contribution < -0.4 is 27.0 Å². The maximum Gasteiger partial charge on any atom is 0.481 e. The van der Waals surface area contributed by atoms with Gasteiger partial charge in [-0.3, -0.25) is 14.6 Å². The van der Waals surface area contributed by atoms with Crippen LogP contribution in [0.25, 0.3) is 0 Å². The van der Waals surface area contributed by atoms with Crippen molar-refractivity contribution in [2.24, 2.45) is 33.9 Å². The number of nitrogens with one attached hydrogen (secondary N) is 4. The number of rotatable bonds is 11. The van der Waals surface area contributed by atoms with E-state index in [1.54, 1.807) is 7.05 Å². The summed E-state index contributed by atoms with van der Waals surface area (Å²) < 4.78 is 13.3. The quantitative estimate of drug-likeness (QED) is 0.115. The van der Waals surface area contributed by atoms with Crippen LogP contribution in [0, 0.1) is 23.2 Å². The second-order valence-corrected chi connectivity index (χ2v) is 13.3. The van der Waals surface area contributed by atoms with Gasteiger partial charge in [-0.05, 0) is 81.6 Å². The van der Waals surface area contributed by atoms with Gasteiger partial charge in [-0.1, -0.05) is 34.1 Å². The molecule has 2 amide bonds. The van der Waals surface area contributed by atoms with Gasteiger partial charge in [0.25, 0.3) is 0 Å². The molecule has 10 nitrogen and oxygen atoms in total. The fraction of sp³-hybridized carbons (Fsp3) is 0.893. The Bertz CT molecular complexity index is 910. The molecule has 5 fully saturated rings. The third-order valence-electron chi connectivity index (χ3n) is 9.83. The highest BCUT2D eigenvalue weighted by Crippen LogP contribution is 2.65. The Morgan fingerprint density at radius 2 is 1.95 bits per heavy atom. The van der Waals surface area contributed by atoms with Crippen molar-refractivity contribution < 1.29 is 18.9 Å². The summed E-state index contributed by atoms with van der Waals surface area (Å²) in [5.41, 5.74) is 5.67. The Balaban J connectivity index is 1.43. The van der Waals surface area contributed by atoms with Crippen LogP contribution in [0.5, 0.6) is 0 Å². The normalized spacial score (nSPS) is 33.1. The maximum absolute atomic E-state index is 13.7. The lowest BCUT2D eigenvalue weighted by molar-refractivity contribution is -0.199. The van der Waals surface area contributed by atoms with Crippen LogP contribution >= 0.6 is 0 Å². The number of nitrogens with two attached hydrogens (primary N) is 1. The zero-order valence-electron chi connectivity index (χ0n) is 24.8. The van der Waals surface area contributed by atoms with Crippen LogP contribution in [0.4, 0.5) is 0 Å². The minimum Gasteiger partial charge on any atom is -0.404 e. The van der Waals surface area contributed by atoms with Gasteiger partial charge in [0, 0.05) is 13.6 Å². The van der Waals surface area contributed by atoms with Crippen LogP contribution in [0.15, 0.2) is 4.99 Å². The minimum atomic E-state index is -0.663. The predicted octanol–water partition coefficient (Wildman–Crippen LogP) is 1.73. The van der Waals surface area contributed by atoms with Crippen molar-refractivity contribution in [3.05, 3.63) is 0 Å². The molecule has 5 aliphatic rings. The van der Waals surface area contributed by atoms with Crippen molar-refractivity contribution in [1.82, 2.24) is 21.3 Å². The molecule has 0 spiro atoms. The number of aliphatic imine (C=N–C) groups is 1. The molecule has 2 bridgehead atoms. The number of piperidine rings is 1. The summed E-state index contributed by atoms with van der Waals surface area (Å²) in [6.07, 6.45) is 6.95. The van der Waals surface area contributed by atoms with Crippen molar-refractivity contribution in [3.63, 3.8) is 0 Å². The van der Waals surface area contributed by atoms with E-state index >= 15 is 0 Å². The number of amides is 2. The van der Waals surface area contributed by atoms with E-state index in [9.17, 15) is 9.59 Å². The molecule has 220 valence electrons. The van der Waals surface area contributed by atoms with Crippen molar-refractivity contribution in [3.8, 4) is 0 Å². The number of nitrogens with zero attached hydrogens (tertiary/aromatic N) is 1. The lowest BCUT2D eigenvalue weighted by Gasteiger charge is -2.64. The fourth-order valence-electron chi connectivity index (χ4n) is 7.32. The molecule has 5 rings (SSSR count). The first-order valence-electron chi connectivity index (χ1n) is 15.1. The van der Waals surface area contributed by atoms with Crippen LogP contribution in [-0.2, 0) is 18.9 Å². The molecule has 0 radical (unpaired) electrons. The van der Waals surface area contributed by atoms with Crippen molar-refractivity contribution in [1.29, 1.82) is 0 Å². The summed E-state index contributed by atoms with van der Waals surface area (Å²) in [5.74, 6) is 1.20. The molecule has 2 aliphatic heterocycles. The lowest BCUT2D eigenvalue weighted by Crippen LogP contribution is -2.65. The van der Waals surface area contributed by atoms with Gasteiger partial charge in [-0.15, -0.1) is 0 Å². The lowest BCUT2D eigenvalue weighted by atomic mass is 9.43. The summed E-state index contributed by atoms with van der Waals surface area (Å²) >= 11 is 0. The SMILES string of the molecule is CN=C(N)NCCC[C@H](NC(=O)C1CCCCN1)C(=O)N[C@@H](CC(C)C)B1O[C@@H]2C[C@@H]3C[C@@H](C3(C)C)[C@]2(C)O1. The average molecular weight is 547 g/mol. The first-order valence-corrected chi connectivity index (χ1v) is 15.1. The van der Waals surface area contributed by atoms with E-state index in [-0.39, 0.29) is 40.9 Å². The fourth-order valence-corrected chi connectivity index (χ4v) is 7.32. The van der Waals surface area contributed by atoms with Crippen LogP contribution in [0.1, 0.15) is 86.0 Å². The standard InChI is InChI=1S/C28H51BN6O4/c1-17(2)14-23(29-38-22-16-18-15-21(27(18,3)4)28(22,5)39-29)35-25(37)20(11-9-13-33-26(30)31-6)34-24(36)19-10-7-8-12-32-19/h17-23,32H,7-16H2,1-6H3,(H,34,36)(H,35,37)(H3,30,31,33)/t18-,19?,20-,21-,22+,23-,28-/m0/s1. The van der Waals surface area contributed by atoms with Crippen molar-refractivity contribution in [2.75, 3.05) is 20.1 Å². The Hall–Kier alpha value is -1.85. The molecule has 6 N–H and O–H groups in total. The number of carbonyl (C=O) groups is 2. The van der Waals surface area contributed by atoms with E-state index in [1.165, 1.54) is 6.42 Å². The molecular weight excluding hydrogens is 495 g/mol. The molecule has 0 aromatic heterocycles. The van der Waals surface area contributed by atoms with Gasteiger partial charge in [-0.2, -0.15) is 0 Å². The van der Waals surface area contributed by atoms with E-state index in [1.807, 2.05) is 0 Å². The summed E-state index contributed by atoms with van der Waals surface area (Å²) in [4.78, 5) is 30.7. The van der Waals surface area contributed by atoms with E-state index < -0.39 is 13.2 Å². The molecule has 39 heavy (non-hydrogen) atoms. The van der Waals surface area contributed by atoms with Crippen LogP contribution in [-0.4, -0.2) is 74.8 Å². The molecule has 2 heterocycles. The summed E-state index contributed by atoms with van der Waals surface area (Å²) in [6.45, 7) is 12.6. The second kappa shape index (κ2) is 12.3. The van der Waals surface area contributed by atoms with Crippen LogP contribution in [0.3, 0.4) is 0 Å². The maximum atomic E-state index is 13.7. The first-order chi connectivity index (χ1) is 18.5. The van der Waals surface area contributed by atoms with Gasteiger partial charge in [0.2, 0.25) is 11.8 Å². The number of hydrogen-bond donors (Lipinski definition) is 5. The molecule has 0 aromatic rings. The average Bonchev–Trinajstić information content (AvgIpc) is 3.27. The molecule has 2 saturated heterocycles. The zero-order valence-corrected chi connectivity index (χ0v) is 24.8. The Morgan fingerprint density at radius 1 is 1.18 bits per heavy atom. The summed E-state index contributed by atoms with van der Waals surface area (Å²) in [5, 5.41) is 12.6. The molecule has 11 heteroatoms. The first kappa shape index (κ1) is 30.1. The smallest absolute Gasteiger partial charge is 0.404 e. The predicted molar refractivity (Wildman–Crippen MR) is 154 cm³/mol. The Kier molecular flexibility index (Phi) is 9.54. The van der Waals surface area contributed by atoms with E-state index in [0.717, 1.165) is 38.6 Å². The van der Waals surface area contributed by atoms with Crippen LogP contribution in [0.2, 0.25) is 0 Å².